The van der Waals surface area contributed by atoms with Gasteiger partial charge in [-0.05, 0) is 54.5 Å². The van der Waals surface area contributed by atoms with Crippen LogP contribution in [0.2, 0.25) is 5.02 Å². The molecular formula is C16H17ClOS. The summed E-state index contributed by atoms with van der Waals surface area (Å²) in [6.45, 7) is 3.93. The van der Waals surface area contributed by atoms with Crippen molar-refractivity contribution in [1.82, 2.24) is 0 Å². The molecule has 0 fully saturated rings. The molecule has 0 saturated heterocycles. The fourth-order valence-corrected chi connectivity index (χ4v) is 3.01. The SMILES string of the molecule is CSc1ccccc1C(O)c1cc(C)c(Cl)cc1C. The van der Waals surface area contributed by atoms with Crippen LogP contribution in [0.4, 0.5) is 0 Å². The quantitative estimate of drug-likeness (QED) is 0.823. The molecule has 100 valence electrons. The van der Waals surface area contributed by atoms with Crippen molar-refractivity contribution in [3.05, 3.63) is 63.7 Å². The molecule has 3 heteroatoms. The van der Waals surface area contributed by atoms with Crippen LogP contribution in [0.1, 0.15) is 28.4 Å². The first kappa shape index (κ1) is 14.4. The fourth-order valence-electron chi connectivity index (χ4n) is 2.16. The molecule has 0 radical (unpaired) electrons. The summed E-state index contributed by atoms with van der Waals surface area (Å²) in [7, 11) is 0. The van der Waals surface area contributed by atoms with Gasteiger partial charge in [0.2, 0.25) is 0 Å². The van der Waals surface area contributed by atoms with Crippen molar-refractivity contribution in [3.8, 4) is 0 Å². The number of aliphatic hydroxyl groups is 1. The minimum Gasteiger partial charge on any atom is -0.384 e. The van der Waals surface area contributed by atoms with Gasteiger partial charge >= 0.3 is 0 Å². The molecule has 0 aliphatic heterocycles. The van der Waals surface area contributed by atoms with Gasteiger partial charge in [0.15, 0.2) is 0 Å². The fraction of sp³-hybridized carbons (Fsp3) is 0.250. The second-order valence-corrected chi connectivity index (χ2v) is 5.86. The molecule has 0 aliphatic rings. The van der Waals surface area contributed by atoms with Crippen molar-refractivity contribution in [3.63, 3.8) is 0 Å². The van der Waals surface area contributed by atoms with Gasteiger partial charge in [-0.3, -0.25) is 0 Å². The molecule has 0 amide bonds. The Kier molecular flexibility index (Phi) is 4.56. The summed E-state index contributed by atoms with van der Waals surface area (Å²) in [5.41, 5.74) is 3.87. The van der Waals surface area contributed by atoms with Crippen LogP contribution >= 0.6 is 23.4 Å². The van der Waals surface area contributed by atoms with E-state index in [2.05, 4.69) is 0 Å². The molecule has 1 unspecified atom stereocenters. The molecule has 0 aromatic heterocycles. The molecule has 0 aliphatic carbocycles. The number of thioether (sulfide) groups is 1. The van der Waals surface area contributed by atoms with E-state index in [1.54, 1.807) is 11.8 Å². The molecule has 0 heterocycles. The Labute approximate surface area is 123 Å². The van der Waals surface area contributed by atoms with Crippen molar-refractivity contribution >= 4 is 23.4 Å². The number of hydrogen-bond acceptors (Lipinski definition) is 2. The highest BCUT2D eigenvalue weighted by Gasteiger charge is 2.17. The lowest BCUT2D eigenvalue weighted by Crippen LogP contribution is -2.04. The van der Waals surface area contributed by atoms with Gasteiger partial charge in [-0.1, -0.05) is 35.9 Å². The zero-order chi connectivity index (χ0) is 14.0. The molecule has 0 saturated carbocycles. The summed E-state index contributed by atoms with van der Waals surface area (Å²) >= 11 is 7.75. The zero-order valence-electron chi connectivity index (χ0n) is 11.3. The van der Waals surface area contributed by atoms with Crippen molar-refractivity contribution < 1.29 is 5.11 Å². The van der Waals surface area contributed by atoms with Crippen molar-refractivity contribution in [2.75, 3.05) is 6.26 Å². The van der Waals surface area contributed by atoms with E-state index < -0.39 is 6.10 Å². The van der Waals surface area contributed by atoms with Crippen LogP contribution in [0.5, 0.6) is 0 Å². The summed E-state index contributed by atoms with van der Waals surface area (Å²) < 4.78 is 0. The summed E-state index contributed by atoms with van der Waals surface area (Å²) in [5.74, 6) is 0. The smallest absolute Gasteiger partial charge is 0.105 e. The van der Waals surface area contributed by atoms with Crippen LogP contribution in [0, 0.1) is 13.8 Å². The largest absolute Gasteiger partial charge is 0.384 e. The normalized spacial score (nSPS) is 12.5. The van der Waals surface area contributed by atoms with Gasteiger partial charge in [-0.2, -0.15) is 0 Å². The zero-order valence-corrected chi connectivity index (χ0v) is 12.8. The lowest BCUT2D eigenvalue weighted by atomic mass is 9.96. The first-order chi connectivity index (χ1) is 9.04. The van der Waals surface area contributed by atoms with Crippen molar-refractivity contribution in [2.45, 2.75) is 24.8 Å². The molecule has 2 aromatic carbocycles. The molecule has 1 N–H and O–H groups in total. The van der Waals surface area contributed by atoms with Gasteiger partial charge in [0.1, 0.15) is 6.10 Å². The Bertz CT molecular complexity index is 595. The predicted octanol–water partition coefficient (Wildman–Crippen LogP) is 4.76. The van der Waals surface area contributed by atoms with Gasteiger partial charge < -0.3 is 5.11 Å². The van der Waals surface area contributed by atoms with E-state index in [0.717, 1.165) is 32.2 Å². The molecule has 0 bridgehead atoms. The average Bonchev–Trinajstić information content (AvgIpc) is 2.42. The number of aryl methyl sites for hydroxylation is 2. The maximum absolute atomic E-state index is 10.6. The van der Waals surface area contributed by atoms with E-state index in [0.29, 0.717) is 0 Å². The Morgan fingerprint density at radius 3 is 2.42 bits per heavy atom. The van der Waals surface area contributed by atoms with E-state index >= 15 is 0 Å². The monoisotopic (exact) mass is 292 g/mol. The lowest BCUT2D eigenvalue weighted by molar-refractivity contribution is 0.216. The number of benzene rings is 2. The highest BCUT2D eigenvalue weighted by molar-refractivity contribution is 7.98. The van der Waals surface area contributed by atoms with E-state index in [1.165, 1.54) is 0 Å². The van der Waals surface area contributed by atoms with Crippen LogP contribution < -0.4 is 0 Å². The van der Waals surface area contributed by atoms with Gasteiger partial charge in [-0.25, -0.2) is 0 Å². The molecule has 2 rings (SSSR count). The van der Waals surface area contributed by atoms with Gasteiger partial charge in [0, 0.05) is 9.92 Å². The highest BCUT2D eigenvalue weighted by Crippen LogP contribution is 2.33. The lowest BCUT2D eigenvalue weighted by Gasteiger charge is -2.18. The van der Waals surface area contributed by atoms with Crippen LogP contribution in [0.25, 0.3) is 0 Å². The van der Waals surface area contributed by atoms with E-state index in [1.807, 2.05) is 56.5 Å². The highest BCUT2D eigenvalue weighted by atomic mass is 35.5. The molecule has 19 heavy (non-hydrogen) atoms. The van der Waals surface area contributed by atoms with Gasteiger partial charge in [0.25, 0.3) is 0 Å². The molecule has 1 atom stereocenters. The number of aliphatic hydroxyl groups excluding tert-OH is 1. The summed E-state index contributed by atoms with van der Waals surface area (Å²) in [5, 5.41) is 11.4. The Morgan fingerprint density at radius 1 is 1.05 bits per heavy atom. The van der Waals surface area contributed by atoms with Crippen LogP contribution in [-0.2, 0) is 0 Å². The number of rotatable bonds is 3. The predicted molar refractivity (Wildman–Crippen MR) is 83.2 cm³/mol. The summed E-state index contributed by atoms with van der Waals surface area (Å²) in [4.78, 5) is 1.10. The molecular weight excluding hydrogens is 276 g/mol. The minimum atomic E-state index is -0.611. The third-order valence-electron chi connectivity index (χ3n) is 3.28. The second-order valence-electron chi connectivity index (χ2n) is 4.60. The van der Waals surface area contributed by atoms with Crippen molar-refractivity contribution in [2.24, 2.45) is 0 Å². The standard InChI is InChI=1S/C16H17ClOS/c1-10-9-14(17)11(2)8-13(10)16(18)12-6-4-5-7-15(12)19-3/h4-9,16,18H,1-3H3. The van der Waals surface area contributed by atoms with E-state index in [4.69, 9.17) is 11.6 Å². The third-order valence-corrected chi connectivity index (χ3v) is 4.49. The Balaban J connectivity index is 2.50. The van der Waals surface area contributed by atoms with Crippen LogP contribution in [0.3, 0.4) is 0 Å². The topological polar surface area (TPSA) is 20.2 Å². The maximum atomic E-state index is 10.6. The van der Waals surface area contributed by atoms with Crippen molar-refractivity contribution in [1.29, 1.82) is 0 Å². The summed E-state index contributed by atoms with van der Waals surface area (Å²) in [6, 6.07) is 11.8. The molecule has 1 nitrogen and oxygen atoms in total. The average molecular weight is 293 g/mol. The maximum Gasteiger partial charge on any atom is 0.105 e. The number of halogens is 1. The van der Waals surface area contributed by atoms with E-state index in [-0.39, 0.29) is 0 Å². The third kappa shape index (κ3) is 2.97. The van der Waals surface area contributed by atoms with Gasteiger partial charge in [0.05, 0.1) is 0 Å². The first-order valence-corrected chi connectivity index (χ1v) is 7.72. The minimum absolute atomic E-state index is 0.611. The van der Waals surface area contributed by atoms with Gasteiger partial charge in [-0.15, -0.1) is 11.8 Å². The van der Waals surface area contributed by atoms with E-state index in [9.17, 15) is 5.11 Å². The molecule has 0 spiro atoms. The first-order valence-electron chi connectivity index (χ1n) is 6.12. The van der Waals surface area contributed by atoms with Crippen LogP contribution in [-0.4, -0.2) is 11.4 Å². The van der Waals surface area contributed by atoms with Crippen LogP contribution in [0.15, 0.2) is 41.3 Å². The summed E-state index contributed by atoms with van der Waals surface area (Å²) in [6.07, 6.45) is 1.41. The Hall–Kier alpha value is -0.960. The second kappa shape index (κ2) is 6.00. The number of hydrogen-bond donors (Lipinski definition) is 1. The molecule has 2 aromatic rings. The Morgan fingerprint density at radius 2 is 1.74 bits per heavy atom.